The molecule has 0 saturated carbocycles. The average molecular weight is 291 g/mol. The van der Waals surface area contributed by atoms with Crippen LogP contribution in [0.15, 0.2) is 17.2 Å². The molecule has 17 heavy (non-hydrogen) atoms. The van der Waals surface area contributed by atoms with E-state index in [0.29, 0.717) is 0 Å². The Balaban J connectivity index is 3.56. The maximum atomic E-state index is 12.3. The number of hydrogen-bond acceptors (Lipinski definition) is 5. The van der Waals surface area contributed by atoms with E-state index in [1.54, 1.807) is 0 Å². The number of rotatable bonds is 2. The monoisotopic (exact) mass is 290 g/mol. The summed E-state index contributed by atoms with van der Waals surface area (Å²) in [6.45, 7) is 0. The number of aromatic nitrogens is 1. The molecule has 11 heteroatoms. The van der Waals surface area contributed by atoms with Gasteiger partial charge in [0.1, 0.15) is 0 Å². The molecule has 0 aliphatic rings. The second-order valence-electron chi connectivity index (χ2n) is 2.74. The Labute approximate surface area is 96.6 Å². The molecule has 94 valence electrons. The lowest BCUT2D eigenvalue weighted by Gasteiger charge is -2.05. The Kier molecular flexibility index (Phi) is 3.30. The number of pyridine rings is 1. The van der Waals surface area contributed by atoms with Gasteiger partial charge in [-0.1, -0.05) is 0 Å². The van der Waals surface area contributed by atoms with Gasteiger partial charge in [0, 0.05) is 22.8 Å². The van der Waals surface area contributed by atoms with Crippen LogP contribution < -0.4 is 0 Å². The van der Waals surface area contributed by atoms with Gasteiger partial charge >= 0.3 is 21.0 Å². The van der Waals surface area contributed by atoms with Gasteiger partial charge in [0.25, 0.3) is 5.03 Å². The smallest absolute Gasteiger partial charge is 0.358 e. The van der Waals surface area contributed by atoms with E-state index >= 15 is 0 Å². The minimum absolute atomic E-state index is 0.117. The lowest BCUT2D eigenvalue weighted by molar-refractivity contribution is -0.390. The summed E-state index contributed by atoms with van der Waals surface area (Å²) in [7, 11) is 0.192. The molecule has 0 N–H and O–H groups in total. The Morgan fingerprint density at radius 2 is 1.88 bits per heavy atom. The standard InChI is InChI=1S/C6H2ClF3N2O4S/c7-17(15,16)5-2-3(6(8,9)10)1-4(11-5)12(13)14/h1-2H. The van der Waals surface area contributed by atoms with Crippen molar-refractivity contribution in [2.24, 2.45) is 0 Å². The van der Waals surface area contributed by atoms with Crippen LogP contribution in [0.25, 0.3) is 0 Å². The number of nitro groups is 1. The molecule has 1 aromatic rings. The normalized spacial score (nSPS) is 12.5. The summed E-state index contributed by atoms with van der Waals surface area (Å²) in [5.41, 5.74) is -1.52. The van der Waals surface area contributed by atoms with E-state index in [9.17, 15) is 31.7 Å². The highest BCUT2D eigenvalue weighted by molar-refractivity contribution is 8.13. The van der Waals surface area contributed by atoms with Crippen molar-refractivity contribution in [2.75, 3.05) is 0 Å². The molecule has 0 aliphatic carbocycles. The van der Waals surface area contributed by atoms with E-state index in [-0.39, 0.29) is 12.1 Å². The fraction of sp³-hybridized carbons (Fsp3) is 0.167. The van der Waals surface area contributed by atoms with Crippen LogP contribution >= 0.6 is 10.7 Å². The van der Waals surface area contributed by atoms with Crippen LogP contribution in [0.4, 0.5) is 19.0 Å². The summed E-state index contributed by atoms with van der Waals surface area (Å²) in [6.07, 6.45) is -4.94. The topological polar surface area (TPSA) is 90.2 Å². The van der Waals surface area contributed by atoms with Gasteiger partial charge in [-0.05, 0) is 9.91 Å². The maximum absolute atomic E-state index is 12.3. The third-order valence-corrected chi connectivity index (χ3v) is 2.74. The van der Waals surface area contributed by atoms with E-state index in [4.69, 9.17) is 10.7 Å². The third-order valence-electron chi connectivity index (χ3n) is 1.55. The molecule has 0 aliphatic heterocycles. The van der Waals surface area contributed by atoms with Crippen molar-refractivity contribution in [2.45, 2.75) is 11.2 Å². The van der Waals surface area contributed by atoms with Crippen LogP contribution in [0.2, 0.25) is 0 Å². The zero-order valence-corrected chi connectivity index (χ0v) is 9.17. The van der Waals surface area contributed by atoms with Crippen LogP contribution in [-0.4, -0.2) is 18.3 Å². The molecule has 1 heterocycles. The van der Waals surface area contributed by atoms with E-state index < -0.39 is 36.6 Å². The fourth-order valence-corrected chi connectivity index (χ4v) is 1.58. The third kappa shape index (κ3) is 3.27. The quantitative estimate of drug-likeness (QED) is 0.471. The van der Waals surface area contributed by atoms with E-state index in [1.807, 2.05) is 0 Å². The highest BCUT2D eigenvalue weighted by Crippen LogP contribution is 2.32. The first-order valence-electron chi connectivity index (χ1n) is 3.70. The summed E-state index contributed by atoms with van der Waals surface area (Å²) >= 11 is 0. The summed E-state index contributed by atoms with van der Waals surface area (Å²) < 4.78 is 58.5. The Morgan fingerprint density at radius 1 is 1.35 bits per heavy atom. The van der Waals surface area contributed by atoms with E-state index in [2.05, 4.69) is 4.98 Å². The van der Waals surface area contributed by atoms with Gasteiger partial charge in [-0.25, -0.2) is 8.42 Å². The number of nitrogens with zero attached hydrogens (tertiary/aromatic N) is 2. The van der Waals surface area contributed by atoms with Crippen molar-refractivity contribution in [1.82, 2.24) is 4.98 Å². The first-order chi connectivity index (χ1) is 7.51. The zero-order chi connectivity index (χ0) is 13.4. The predicted octanol–water partition coefficient (Wildman–Crippen LogP) is 1.94. The molecule has 6 nitrogen and oxygen atoms in total. The highest BCUT2D eigenvalue weighted by atomic mass is 35.7. The molecule has 0 aromatic carbocycles. The molecular formula is C6H2ClF3N2O4S. The van der Waals surface area contributed by atoms with Gasteiger partial charge in [0.15, 0.2) is 0 Å². The molecule has 1 rings (SSSR count). The van der Waals surface area contributed by atoms with Crippen LogP contribution in [0.1, 0.15) is 5.56 Å². The molecule has 1 aromatic heterocycles. The van der Waals surface area contributed by atoms with Gasteiger partial charge in [-0.2, -0.15) is 13.2 Å². The number of alkyl halides is 3. The molecule has 0 radical (unpaired) electrons. The Bertz CT molecular complexity index is 571. The van der Waals surface area contributed by atoms with Gasteiger partial charge in [0.2, 0.25) is 0 Å². The minimum Gasteiger partial charge on any atom is -0.358 e. The first-order valence-corrected chi connectivity index (χ1v) is 6.01. The van der Waals surface area contributed by atoms with Crippen molar-refractivity contribution in [3.8, 4) is 0 Å². The second-order valence-corrected chi connectivity index (χ2v) is 5.26. The van der Waals surface area contributed by atoms with Gasteiger partial charge in [-0.3, -0.25) is 0 Å². The van der Waals surface area contributed by atoms with Gasteiger partial charge in [-0.15, -0.1) is 0 Å². The van der Waals surface area contributed by atoms with Gasteiger partial charge < -0.3 is 10.1 Å². The van der Waals surface area contributed by atoms with Gasteiger partial charge in [0.05, 0.1) is 5.56 Å². The minimum atomic E-state index is -4.94. The predicted molar refractivity (Wildman–Crippen MR) is 48.9 cm³/mol. The highest BCUT2D eigenvalue weighted by Gasteiger charge is 2.36. The van der Waals surface area contributed by atoms with Crippen molar-refractivity contribution in [1.29, 1.82) is 0 Å². The molecule has 0 unspecified atom stereocenters. The summed E-state index contributed by atoms with van der Waals surface area (Å²) in [4.78, 5) is 11.9. The van der Waals surface area contributed by atoms with E-state index in [1.165, 1.54) is 0 Å². The molecular weight excluding hydrogens is 289 g/mol. The summed E-state index contributed by atoms with van der Waals surface area (Å²) in [5.74, 6) is -1.25. The van der Waals surface area contributed by atoms with Crippen LogP contribution in [-0.2, 0) is 15.2 Å². The molecule has 0 spiro atoms. The Morgan fingerprint density at radius 3 is 2.24 bits per heavy atom. The maximum Gasteiger partial charge on any atom is 0.416 e. The largest absolute Gasteiger partial charge is 0.416 e. The molecule has 0 atom stereocenters. The van der Waals surface area contributed by atoms with Crippen LogP contribution in [0.3, 0.4) is 0 Å². The van der Waals surface area contributed by atoms with Crippen LogP contribution in [0.5, 0.6) is 0 Å². The SMILES string of the molecule is O=[N+]([O-])c1cc(C(F)(F)F)cc(S(=O)(=O)Cl)n1. The number of halogens is 4. The van der Waals surface area contributed by atoms with Crippen molar-refractivity contribution >= 4 is 25.6 Å². The molecule has 0 amide bonds. The fourth-order valence-electron chi connectivity index (χ4n) is 0.873. The second kappa shape index (κ2) is 4.11. The lowest BCUT2D eigenvalue weighted by atomic mass is 10.2. The van der Waals surface area contributed by atoms with Crippen molar-refractivity contribution in [3.05, 3.63) is 27.8 Å². The van der Waals surface area contributed by atoms with E-state index in [0.717, 1.165) is 0 Å². The number of hydrogen-bond donors (Lipinski definition) is 0. The van der Waals surface area contributed by atoms with Crippen molar-refractivity contribution < 1.29 is 26.5 Å². The lowest BCUT2D eigenvalue weighted by Crippen LogP contribution is -2.09. The summed E-state index contributed by atoms with van der Waals surface area (Å²) in [5, 5.41) is 9.08. The van der Waals surface area contributed by atoms with Crippen molar-refractivity contribution in [3.63, 3.8) is 0 Å². The zero-order valence-electron chi connectivity index (χ0n) is 7.60. The van der Waals surface area contributed by atoms with Crippen LogP contribution in [0, 0.1) is 10.1 Å². The first kappa shape index (κ1) is 13.6. The Hall–Kier alpha value is -1.42. The molecule has 0 fully saturated rings. The summed E-state index contributed by atoms with van der Waals surface area (Å²) in [6, 6.07) is 0.237. The molecule has 0 bridgehead atoms. The molecule has 0 saturated heterocycles. The average Bonchev–Trinajstić information content (AvgIpc) is 2.14.